The van der Waals surface area contributed by atoms with Gasteiger partial charge < -0.3 is 10.6 Å². The molecule has 2 aromatic rings. The average molecular weight is 385 g/mol. The molecule has 0 aliphatic carbocycles. The van der Waals surface area contributed by atoms with Gasteiger partial charge in [-0.2, -0.15) is 0 Å². The highest BCUT2D eigenvalue weighted by Gasteiger charge is 2.35. The number of hydrogen-bond acceptors (Lipinski definition) is 2. The van der Waals surface area contributed by atoms with Crippen molar-refractivity contribution >= 4 is 24.6 Å². The zero-order valence-corrected chi connectivity index (χ0v) is 17.8. The minimum atomic E-state index is -0.0782. The predicted octanol–water partition coefficient (Wildman–Crippen LogP) is 5.83. The quantitative estimate of drug-likeness (QED) is 0.568. The lowest BCUT2D eigenvalue weighted by Gasteiger charge is -2.43. The van der Waals surface area contributed by atoms with Gasteiger partial charge in [-0.15, -0.1) is 12.4 Å². The van der Waals surface area contributed by atoms with Crippen molar-refractivity contribution in [1.29, 1.82) is 0 Å². The summed E-state index contributed by atoms with van der Waals surface area (Å²) in [7, 11) is 0. The Morgan fingerprint density at radius 3 is 1.22 bits per heavy atom. The number of rotatable bonds is 9. The Bertz CT molecular complexity index is 662. The van der Waals surface area contributed by atoms with Gasteiger partial charge in [0, 0.05) is 24.2 Å². The van der Waals surface area contributed by atoms with Gasteiger partial charge >= 0.3 is 0 Å². The van der Waals surface area contributed by atoms with Crippen LogP contribution in [0.5, 0.6) is 0 Å². The maximum atomic E-state index is 3.80. The van der Waals surface area contributed by atoms with Crippen molar-refractivity contribution < 1.29 is 0 Å². The van der Waals surface area contributed by atoms with E-state index in [4.69, 9.17) is 0 Å². The molecule has 2 N–H and O–H groups in total. The first-order valence-corrected chi connectivity index (χ1v) is 9.20. The maximum absolute atomic E-state index is 3.80. The van der Waals surface area contributed by atoms with Crippen LogP contribution in [0.1, 0.15) is 49.9 Å². The number of benzene rings is 2. The highest BCUT2D eigenvalue weighted by molar-refractivity contribution is 5.85. The third-order valence-corrected chi connectivity index (χ3v) is 5.46. The van der Waals surface area contributed by atoms with E-state index < -0.39 is 0 Å². The predicted molar refractivity (Wildman–Crippen MR) is 122 cm³/mol. The highest BCUT2D eigenvalue weighted by atomic mass is 35.5. The third kappa shape index (κ3) is 6.35. The van der Waals surface area contributed by atoms with Gasteiger partial charge in [-0.1, -0.05) is 73.8 Å². The maximum Gasteiger partial charge on any atom is 0.0304 e. The highest BCUT2D eigenvalue weighted by Crippen LogP contribution is 2.22. The van der Waals surface area contributed by atoms with Gasteiger partial charge in [0.2, 0.25) is 0 Å². The molecule has 0 saturated carbocycles. The van der Waals surface area contributed by atoms with Gasteiger partial charge in [-0.05, 0) is 49.9 Å². The van der Waals surface area contributed by atoms with Crippen molar-refractivity contribution in [1.82, 2.24) is 10.6 Å². The summed E-state index contributed by atoms with van der Waals surface area (Å²) >= 11 is 0. The summed E-state index contributed by atoms with van der Waals surface area (Å²) in [6.07, 6.45) is 3.74. The fourth-order valence-corrected chi connectivity index (χ4v) is 2.63. The van der Waals surface area contributed by atoms with Crippen LogP contribution in [0.2, 0.25) is 0 Å². The molecule has 0 atom stereocenters. The average Bonchev–Trinajstić information content (AvgIpc) is 2.65. The molecule has 146 valence electrons. The van der Waals surface area contributed by atoms with E-state index >= 15 is 0 Å². The van der Waals surface area contributed by atoms with Crippen LogP contribution in [0.3, 0.4) is 0 Å². The number of hydrogen-bond donors (Lipinski definition) is 2. The van der Waals surface area contributed by atoms with Crippen LogP contribution in [-0.4, -0.2) is 11.1 Å². The summed E-state index contributed by atoms with van der Waals surface area (Å²) in [5, 5.41) is 7.41. The Morgan fingerprint density at radius 1 is 0.667 bits per heavy atom. The Hall–Kier alpha value is -1.87. The van der Waals surface area contributed by atoms with Gasteiger partial charge in [0.05, 0.1) is 0 Å². The van der Waals surface area contributed by atoms with Gasteiger partial charge in [0.1, 0.15) is 0 Å². The number of nitrogens with one attached hydrogen (secondary N) is 2. The molecule has 0 spiro atoms. The SMILES string of the molecule is C=Cc1ccc(CNC(C)(C)C(C)(C)NCc2ccc(C=C)cc2)cc1.Cl. The normalized spacial score (nSPS) is 11.6. The summed E-state index contributed by atoms with van der Waals surface area (Å²) in [6.45, 7) is 18.3. The zero-order valence-electron chi connectivity index (χ0n) is 17.0. The fourth-order valence-electron chi connectivity index (χ4n) is 2.63. The molecule has 0 aliphatic heterocycles. The van der Waals surface area contributed by atoms with Crippen molar-refractivity contribution in [3.05, 3.63) is 83.9 Å². The third-order valence-electron chi connectivity index (χ3n) is 5.46. The summed E-state index contributed by atoms with van der Waals surface area (Å²) in [5.74, 6) is 0. The Kier molecular flexibility index (Phi) is 8.49. The lowest BCUT2D eigenvalue weighted by molar-refractivity contribution is 0.189. The molecule has 0 fully saturated rings. The van der Waals surface area contributed by atoms with Crippen LogP contribution in [0, 0.1) is 0 Å². The monoisotopic (exact) mass is 384 g/mol. The van der Waals surface area contributed by atoms with Gasteiger partial charge in [0.25, 0.3) is 0 Å². The van der Waals surface area contributed by atoms with Crippen molar-refractivity contribution in [3.63, 3.8) is 0 Å². The lowest BCUT2D eigenvalue weighted by Crippen LogP contribution is -2.62. The molecule has 2 aromatic carbocycles. The molecule has 2 rings (SSSR count). The smallest absolute Gasteiger partial charge is 0.0304 e. The van der Waals surface area contributed by atoms with Crippen LogP contribution >= 0.6 is 12.4 Å². The van der Waals surface area contributed by atoms with Crippen molar-refractivity contribution in [3.8, 4) is 0 Å². The molecule has 0 heterocycles. The Balaban J connectivity index is 0.00000364. The topological polar surface area (TPSA) is 24.1 Å². The minimum absolute atomic E-state index is 0. The standard InChI is InChI=1S/C24H32N2.ClH/c1-7-19-9-13-21(14-10-19)17-25-23(3,4)24(5,6)26-18-22-15-11-20(8-2)12-16-22;/h7-16,25-26H,1-2,17-18H2,3-6H3;1H. The molecule has 27 heavy (non-hydrogen) atoms. The van der Waals surface area contributed by atoms with Crippen LogP contribution in [0.15, 0.2) is 61.7 Å². The van der Waals surface area contributed by atoms with E-state index in [0.29, 0.717) is 0 Å². The first-order valence-electron chi connectivity index (χ1n) is 9.20. The molecule has 0 aliphatic rings. The molecular formula is C24H33ClN2. The second kappa shape index (κ2) is 9.89. The van der Waals surface area contributed by atoms with E-state index in [1.54, 1.807) is 0 Å². The molecule has 3 heteroatoms. The summed E-state index contributed by atoms with van der Waals surface area (Å²) in [4.78, 5) is 0. The van der Waals surface area contributed by atoms with Gasteiger partial charge in [0.15, 0.2) is 0 Å². The summed E-state index contributed by atoms with van der Waals surface area (Å²) in [5.41, 5.74) is 4.70. The lowest BCUT2D eigenvalue weighted by atomic mass is 9.82. The fraction of sp³-hybridized carbons (Fsp3) is 0.333. The molecule has 0 radical (unpaired) electrons. The van der Waals surface area contributed by atoms with Crippen LogP contribution in [0.25, 0.3) is 12.2 Å². The zero-order chi connectivity index (χ0) is 19.2. The first kappa shape index (κ1) is 23.2. The number of halogens is 1. The van der Waals surface area contributed by atoms with E-state index in [0.717, 1.165) is 24.2 Å². The molecular weight excluding hydrogens is 352 g/mol. The summed E-state index contributed by atoms with van der Waals surface area (Å²) in [6, 6.07) is 17.0. The first-order chi connectivity index (χ1) is 12.3. The Morgan fingerprint density at radius 2 is 0.963 bits per heavy atom. The van der Waals surface area contributed by atoms with E-state index in [-0.39, 0.29) is 23.5 Å². The van der Waals surface area contributed by atoms with Gasteiger partial charge in [-0.25, -0.2) is 0 Å². The van der Waals surface area contributed by atoms with E-state index in [1.807, 2.05) is 12.2 Å². The van der Waals surface area contributed by atoms with Crippen molar-refractivity contribution in [2.45, 2.75) is 51.9 Å². The molecule has 0 saturated heterocycles. The van der Waals surface area contributed by atoms with Crippen molar-refractivity contribution in [2.75, 3.05) is 0 Å². The molecule has 0 aromatic heterocycles. The van der Waals surface area contributed by atoms with E-state index in [2.05, 4.69) is 100 Å². The molecule has 0 unspecified atom stereocenters. The van der Waals surface area contributed by atoms with E-state index in [9.17, 15) is 0 Å². The van der Waals surface area contributed by atoms with Crippen LogP contribution < -0.4 is 10.6 Å². The van der Waals surface area contributed by atoms with Crippen molar-refractivity contribution in [2.24, 2.45) is 0 Å². The van der Waals surface area contributed by atoms with Crippen LogP contribution in [-0.2, 0) is 13.1 Å². The molecule has 0 amide bonds. The second-order valence-electron chi connectivity index (χ2n) is 7.85. The minimum Gasteiger partial charge on any atom is -0.306 e. The molecule has 2 nitrogen and oxygen atoms in total. The van der Waals surface area contributed by atoms with E-state index in [1.165, 1.54) is 11.1 Å². The molecule has 0 bridgehead atoms. The largest absolute Gasteiger partial charge is 0.306 e. The van der Waals surface area contributed by atoms with Gasteiger partial charge in [-0.3, -0.25) is 0 Å². The second-order valence-corrected chi connectivity index (χ2v) is 7.85. The van der Waals surface area contributed by atoms with Crippen LogP contribution in [0.4, 0.5) is 0 Å². The Labute approximate surface area is 171 Å². The summed E-state index contributed by atoms with van der Waals surface area (Å²) < 4.78 is 0.